The maximum atomic E-state index is 3.51. The summed E-state index contributed by atoms with van der Waals surface area (Å²) in [6, 6.07) is 11.2. The van der Waals surface area contributed by atoms with Gasteiger partial charge in [-0.1, -0.05) is 43.7 Å². The lowest BCUT2D eigenvalue weighted by Gasteiger charge is -2.25. The summed E-state index contributed by atoms with van der Waals surface area (Å²) in [7, 11) is 2.19. The van der Waals surface area contributed by atoms with Crippen LogP contribution in [0.25, 0.3) is 0 Å². The average Bonchev–Trinajstić information content (AvgIpc) is 2.35. The Kier molecular flexibility index (Phi) is 6.90. The van der Waals surface area contributed by atoms with Crippen LogP contribution in [0.3, 0.4) is 0 Å². The van der Waals surface area contributed by atoms with Gasteiger partial charge in [0.25, 0.3) is 0 Å². The quantitative estimate of drug-likeness (QED) is 0.696. The molecule has 17 heavy (non-hydrogen) atoms. The summed E-state index contributed by atoms with van der Waals surface area (Å²) in [5, 5.41) is 3.51. The van der Waals surface area contributed by atoms with E-state index in [4.69, 9.17) is 0 Å². The van der Waals surface area contributed by atoms with Crippen molar-refractivity contribution in [2.24, 2.45) is 0 Å². The van der Waals surface area contributed by atoms with Crippen molar-refractivity contribution in [2.75, 3.05) is 20.1 Å². The Morgan fingerprint density at radius 1 is 1.24 bits per heavy atom. The lowest BCUT2D eigenvalue weighted by molar-refractivity contribution is 0.243. The molecule has 0 aliphatic carbocycles. The summed E-state index contributed by atoms with van der Waals surface area (Å²) in [5.41, 5.74) is 1.38. The third-order valence-electron chi connectivity index (χ3n) is 3.17. The molecule has 0 aromatic heterocycles. The zero-order valence-corrected chi connectivity index (χ0v) is 11.4. The number of unbranched alkanes of at least 4 members (excludes halogenated alkanes) is 1. The monoisotopic (exact) mass is 234 g/mol. The van der Waals surface area contributed by atoms with Gasteiger partial charge >= 0.3 is 0 Å². The van der Waals surface area contributed by atoms with Crippen molar-refractivity contribution >= 4 is 0 Å². The Hall–Kier alpha value is -0.860. The van der Waals surface area contributed by atoms with Crippen LogP contribution in [0, 0.1) is 0 Å². The summed E-state index contributed by atoms with van der Waals surface area (Å²) in [4.78, 5) is 2.40. The summed E-state index contributed by atoms with van der Waals surface area (Å²) >= 11 is 0. The molecule has 2 heteroatoms. The molecule has 96 valence electrons. The topological polar surface area (TPSA) is 15.3 Å². The lowest BCUT2D eigenvalue weighted by Crippen LogP contribution is -2.37. The van der Waals surface area contributed by atoms with Crippen LogP contribution < -0.4 is 5.32 Å². The van der Waals surface area contributed by atoms with Gasteiger partial charge in [0.15, 0.2) is 0 Å². The molecule has 0 bridgehead atoms. The molecule has 0 aliphatic heterocycles. The molecule has 0 amide bonds. The molecular weight excluding hydrogens is 208 g/mol. The second-order valence-corrected chi connectivity index (χ2v) is 4.81. The second kappa shape index (κ2) is 8.26. The van der Waals surface area contributed by atoms with E-state index in [9.17, 15) is 0 Å². The first-order valence-corrected chi connectivity index (χ1v) is 6.69. The second-order valence-electron chi connectivity index (χ2n) is 4.81. The van der Waals surface area contributed by atoms with Gasteiger partial charge in [0, 0.05) is 19.1 Å². The van der Waals surface area contributed by atoms with Crippen molar-refractivity contribution in [1.82, 2.24) is 10.2 Å². The van der Waals surface area contributed by atoms with Gasteiger partial charge in [0.05, 0.1) is 0 Å². The third-order valence-corrected chi connectivity index (χ3v) is 3.17. The smallest absolute Gasteiger partial charge is 0.0234 e. The zero-order chi connectivity index (χ0) is 12.5. The van der Waals surface area contributed by atoms with Gasteiger partial charge in [-0.15, -0.1) is 0 Å². The summed E-state index contributed by atoms with van der Waals surface area (Å²) in [5.74, 6) is 0. The van der Waals surface area contributed by atoms with E-state index in [2.05, 4.69) is 61.4 Å². The molecule has 0 radical (unpaired) electrons. The SMILES string of the molecule is CCCCNCC(C)N(C)Cc1ccccc1. The highest BCUT2D eigenvalue weighted by Gasteiger charge is 2.08. The predicted octanol–water partition coefficient (Wildman–Crippen LogP) is 2.90. The largest absolute Gasteiger partial charge is 0.315 e. The molecule has 0 saturated heterocycles. The van der Waals surface area contributed by atoms with Gasteiger partial charge in [-0.2, -0.15) is 0 Å². The molecule has 1 aromatic carbocycles. The third kappa shape index (κ3) is 5.85. The number of likely N-dealkylation sites (N-methyl/N-ethyl adjacent to an activating group) is 1. The number of hydrogen-bond donors (Lipinski definition) is 1. The highest BCUT2D eigenvalue weighted by molar-refractivity contribution is 5.14. The van der Waals surface area contributed by atoms with Crippen LogP contribution >= 0.6 is 0 Å². The summed E-state index contributed by atoms with van der Waals surface area (Å²) in [6.45, 7) is 7.75. The minimum absolute atomic E-state index is 0.576. The maximum Gasteiger partial charge on any atom is 0.0234 e. The first-order chi connectivity index (χ1) is 8.24. The van der Waals surface area contributed by atoms with Crippen molar-refractivity contribution in [2.45, 2.75) is 39.3 Å². The van der Waals surface area contributed by atoms with E-state index < -0.39 is 0 Å². The van der Waals surface area contributed by atoms with Gasteiger partial charge in [-0.05, 0) is 32.5 Å². The highest BCUT2D eigenvalue weighted by Crippen LogP contribution is 2.05. The normalized spacial score (nSPS) is 12.9. The van der Waals surface area contributed by atoms with Crippen LogP contribution in [0.15, 0.2) is 30.3 Å². The van der Waals surface area contributed by atoms with Crippen molar-refractivity contribution in [3.05, 3.63) is 35.9 Å². The van der Waals surface area contributed by atoms with Crippen LogP contribution in [0.2, 0.25) is 0 Å². The fraction of sp³-hybridized carbons (Fsp3) is 0.600. The molecule has 0 aliphatic rings. The first-order valence-electron chi connectivity index (χ1n) is 6.69. The number of rotatable bonds is 8. The van der Waals surface area contributed by atoms with E-state index in [1.807, 2.05) is 0 Å². The molecule has 1 rings (SSSR count). The fourth-order valence-electron chi connectivity index (χ4n) is 1.80. The molecule has 1 unspecified atom stereocenters. The molecule has 2 nitrogen and oxygen atoms in total. The van der Waals surface area contributed by atoms with E-state index >= 15 is 0 Å². The molecule has 1 atom stereocenters. The first kappa shape index (κ1) is 14.2. The highest BCUT2D eigenvalue weighted by atomic mass is 15.1. The van der Waals surface area contributed by atoms with E-state index in [0.717, 1.165) is 19.6 Å². The Morgan fingerprint density at radius 2 is 1.94 bits per heavy atom. The zero-order valence-electron chi connectivity index (χ0n) is 11.4. The molecule has 0 heterocycles. The molecule has 0 saturated carbocycles. The van der Waals surface area contributed by atoms with Crippen molar-refractivity contribution in [1.29, 1.82) is 0 Å². The Bertz CT molecular complexity index is 284. The minimum Gasteiger partial charge on any atom is -0.315 e. The van der Waals surface area contributed by atoms with Gasteiger partial charge < -0.3 is 5.32 Å². The number of nitrogens with zero attached hydrogens (tertiary/aromatic N) is 1. The molecule has 0 fully saturated rings. The number of benzene rings is 1. The standard InChI is InChI=1S/C15H26N2/c1-4-5-11-16-12-14(2)17(3)13-15-9-7-6-8-10-15/h6-10,14,16H,4-5,11-13H2,1-3H3. The van der Waals surface area contributed by atoms with Crippen LogP contribution in [-0.2, 0) is 6.54 Å². The minimum atomic E-state index is 0.576. The van der Waals surface area contributed by atoms with Crippen LogP contribution in [0.5, 0.6) is 0 Å². The van der Waals surface area contributed by atoms with Crippen molar-refractivity contribution < 1.29 is 0 Å². The van der Waals surface area contributed by atoms with Crippen molar-refractivity contribution in [3.63, 3.8) is 0 Å². The maximum absolute atomic E-state index is 3.51. The Balaban J connectivity index is 2.24. The summed E-state index contributed by atoms with van der Waals surface area (Å²) in [6.07, 6.45) is 2.54. The van der Waals surface area contributed by atoms with Crippen molar-refractivity contribution in [3.8, 4) is 0 Å². The molecular formula is C15H26N2. The lowest BCUT2D eigenvalue weighted by atomic mass is 10.2. The van der Waals surface area contributed by atoms with E-state index in [-0.39, 0.29) is 0 Å². The number of hydrogen-bond acceptors (Lipinski definition) is 2. The van der Waals surface area contributed by atoms with E-state index in [1.54, 1.807) is 0 Å². The van der Waals surface area contributed by atoms with E-state index in [1.165, 1.54) is 18.4 Å². The Morgan fingerprint density at radius 3 is 2.59 bits per heavy atom. The van der Waals surface area contributed by atoms with Gasteiger partial charge in [0.2, 0.25) is 0 Å². The van der Waals surface area contributed by atoms with E-state index in [0.29, 0.717) is 6.04 Å². The van der Waals surface area contributed by atoms with Crippen LogP contribution in [-0.4, -0.2) is 31.1 Å². The van der Waals surface area contributed by atoms with Crippen LogP contribution in [0.1, 0.15) is 32.3 Å². The predicted molar refractivity (Wildman–Crippen MR) is 75.1 cm³/mol. The Labute approximate surface area is 106 Å². The average molecular weight is 234 g/mol. The van der Waals surface area contributed by atoms with Gasteiger partial charge in [0.1, 0.15) is 0 Å². The fourth-order valence-corrected chi connectivity index (χ4v) is 1.80. The number of nitrogens with one attached hydrogen (secondary N) is 1. The van der Waals surface area contributed by atoms with Gasteiger partial charge in [-0.3, -0.25) is 4.90 Å². The summed E-state index contributed by atoms with van der Waals surface area (Å²) < 4.78 is 0. The molecule has 1 N–H and O–H groups in total. The molecule has 1 aromatic rings. The van der Waals surface area contributed by atoms with Gasteiger partial charge in [-0.25, -0.2) is 0 Å². The molecule has 0 spiro atoms. The van der Waals surface area contributed by atoms with Crippen LogP contribution in [0.4, 0.5) is 0 Å².